The third kappa shape index (κ3) is 3.61. The van der Waals surface area contributed by atoms with Gasteiger partial charge in [-0.25, -0.2) is 4.98 Å². The van der Waals surface area contributed by atoms with E-state index < -0.39 is 5.60 Å². The summed E-state index contributed by atoms with van der Waals surface area (Å²) in [6, 6.07) is 0. The third-order valence-electron chi connectivity index (χ3n) is 2.92. The number of carbonyl (C=O) groups is 1. The van der Waals surface area contributed by atoms with Crippen molar-refractivity contribution in [2.75, 3.05) is 0 Å². The summed E-state index contributed by atoms with van der Waals surface area (Å²) in [4.78, 5) is 16.3. The Balaban J connectivity index is 2.77. The highest BCUT2D eigenvalue weighted by atomic mass is 32.1. The van der Waals surface area contributed by atoms with Crippen molar-refractivity contribution in [2.45, 2.75) is 58.5 Å². The standard InChI is InChI=1S/C13H21NO2S/c1-6-13(5,16)10(15)7-11-14-9(8-17-11)12(2,3)4/h8,16H,6-7H2,1-5H3. The zero-order chi connectivity index (χ0) is 13.3. The van der Waals surface area contributed by atoms with Crippen LogP contribution in [0.4, 0.5) is 0 Å². The van der Waals surface area contributed by atoms with Gasteiger partial charge in [0.25, 0.3) is 0 Å². The molecule has 4 heteroatoms. The normalized spacial score (nSPS) is 15.6. The molecule has 0 bridgehead atoms. The molecule has 17 heavy (non-hydrogen) atoms. The molecule has 1 aromatic rings. The molecule has 1 N–H and O–H groups in total. The first kappa shape index (κ1) is 14.3. The lowest BCUT2D eigenvalue weighted by Gasteiger charge is -2.18. The van der Waals surface area contributed by atoms with E-state index in [-0.39, 0.29) is 17.6 Å². The van der Waals surface area contributed by atoms with Gasteiger partial charge in [0.05, 0.1) is 12.1 Å². The van der Waals surface area contributed by atoms with E-state index in [1.54, 1.807) is 13.8 Å². The van der Waals surface area contributed by atoms with Crippen LogP contribution in [0.1, 0.15) is 51.7 Å². The quantitative estimate of drug-likeness (QED) is 0.900. The van der Waals surface area contributed by atoms with Crippen LogP contribution in [0.15, 0.2) is 5.38 Å². The molecule has 96 valence electrons. The number of Topliss-reactive ketones (excluding diaryl/α,β-unsaturated/α-hetero) is 1. The molecule has 0 aromatic carbocycles. The van der Waals surface area contributed by atoms with Crippen molar-refractivity contribution in [3.05, 3.63) is 16.1 Å². The number of hydrogen-bond acceptors (Lipinski definition) is 4. The first-order chi connectivity index (χ1) is 7.66. The predicted octanol–water partition coefficient (Wildman–Crippen LogP) is 2.71. The van der Waals surface area contributed by atoms with Gasteiger partial charge in [-0.15, -0.1) is 11.3 Å². The van der Waals surface area contributed by atoms with Gasteiger partial charge in [-0.05, 0) is 13.3 Å². The van der Waals surface area contributed by atoms with E-state index in [0.717, 1.165) is 10.7 Å². The summed E-state index contributed by atoms with van der Waals surface area (Å²) in [5, 5.41) is 12.6. The molecule has 1 atom stereocenters. The topological polar surface area (TPSA) is 50.2 Å². The minimum absolute atomic E-state index is 0.00503. The summed E-state index contributed by atoms with van der Waals surface area (Å²) < 4.78 is 0. The summed E-state index contributed by atoms with van der Waals surface area (Å²) in [5.74, 6) is -0.158. The molecule has 1 aromatic heterocycles. The molecule has 0 spiro atoms. The van der Waals surface area contributed by atoms with E-state index in [9.17, 15) is 9.90 Å². The lowest BCUT2D eigenvalue weighted by atomic mass is 9.93. The van der Waals surface area contributed by atoms with E-state index in [1.807, 2.05) is 5.38 Å². The molecule has 3 nitrogen and oxygen atoms in total. The molecule has 0 fully saturated rings. The Kier molecular flexibility index (Phi) is 4.10. The van der Waals surface area contributed by atoms with Gasteiger partial charge in [-0.2, -0.15) is 0 Å². The number of ketones is 1. The second kappa shape index (κ2) is 4.86. The van der Waals surface area contributed by atoms with Gasteiger partial charge in [-0.3, -0.25) is 4.79 Å². The van der Waals surface area contributed by atoms with E-state index in [0.29, 0.717) is 6.42 Å². The fourth-order valence-corrected chi connectivity index (χ4v) is 2.28. The zero-order valence-electron chi connectivity index (χ0n) is 11.2. The Bertz CT molecular complexity index is 402. The molecular formula is C13H21NO2S. The number of aromatic nitrogens is 1. The molecule has 0 saturated heterocycles. The Morgan fingerprint density at radius 3 is 2.41 bits per heavy atom. The first-order valence-electron chi connectivity index (χ1n) is 5.87. The number of rotatable bonds is 4. The molecule has 0 amide bonds. The van der Waals surface area contributed by atoms with Crippen molar-refractivity contribution in [3.63, 3.8) is 0 Å². The maximum Gasteiger partial charge on any atom is 0.170 e. The zero-order valence-corrected chi connectivity index (χ0v) is 12.0. The fourth-order valence-electron chi connectivity index (χ4n) is 1.26. The summed E-state index contributed by atoms with van der Waals surface area (Å²) in [7, 11) is 0. The number of carbonyl (C=O) groups excluding carboxylic acids is 1. The van der Waals surface area contributed by atoms with Gasteiger partial charge in [0, 0.05) is 10.8 Å². The second-order valence-corrected chi connectivity index (χ2v) is 6.55. The van der Waals surface area contributed by atoms with Gasteiger partial charge in [0.2, 0.25) is 0 Å². The van der Waals surface area contributed by atoms with E-state index in [2.05, 4.69) is 25.8 Å². The number of hydrogen-bond donors (Lipinski definition) is 1. The maximum atomic E-state index is 11.8. The smallest absolute Gasteiger partial charge is 0.170 e. The summed E-state index contributed by atoms with van der Waals surface area (Å²) in [6.07, 6.45) is 0.658. The van der Waals surface area contributed by atoms with Crippen LogP contribution in [0.25, 0.3) is 0 Å². The highest BCUT2D eigenvalue weighted by Crippen LogP contribution is 2.25. The van der Waals surface area contributed by atoms with Gasteiger partial charge in [0.15, 0.2) is 5.78 Å². The summed E-state index contributed by atoms with van der Waals surface area (Å²) in [6.45, 7) is 9.65. The van der Waals surface area contributed by atoms with Crippen LogP contribution >= 0.6 is 11.3 Å². The maximum absolute atomic E-state index is 11.8. The monoisotopic (exact) mass is 255 g/mol. The Hall–Kier alpha value is -0.740. The molecule has 0 aliphatic carbocycles. The van der Waals surface area contributed by atoms with Gasteiger partial charge < -0.3 is 5.11 Å². The average molecular weight is 255 g/mol. The van der Waals surface area contributed by atoms with Crippen LogP contribution < -0.4 is 0 Å². The molecule has 0 aliphatic rings. The lowest BCUT2D eigenvalue weighted by molar-refractivity contribution is -0.135. The molecule has 1 heterocycles. The van der Waals surface area contributed by atoms with Gasteiger partial charge in [-0.1, -0.05) is 27.7 Å². The van der Waals surface area contributed by atoms with Gasteiger partial charge >= 0.3 is 0 Å². The molecular weight excluding hydrogens is 234 g/mol. The number of aliphatic hydroxyl groups is 1. The van der Waals surface area contributed by atoms with E-state index in [4.69, 9.17) is 0 Å². The van der Waals surface area contributed by atoms with Crippen molar-refractivity contribution in [1.29, 1.82) is 0 Å². The number of thiazole rings is 1. The van der Waals surface area contributed by atoms with E-state index in [1.165, 1.54) is 11.3 Å². The number of nitrogens with zero attached hydrogens (tertiary/aromatic N) is 1. The molecule has 0 radical (unpaired) electrons. The minimum atomic E-state index is -1.23. The van der Waals surface area contributed by atoms with Crippen molar-refractivity contribution >= 4 is 17.1 Å². The van der Waals surface area contributed by atoms with Crippen LogP contribution in [0, 0.1) is 0 Å². The molecule has 1 rings (SSSR count). The molecule has 0 aliphatic heterocycles. The highest BCUT2D eigenvalue weighted by molar-refractivity contribution is 7.09. The molecule has 1 unspecified atom stereocenters. The Morgan fingerprint density at radius 1 is 1.41 bits per heavy atom. The van der Waals surface area contributed by atoms with Crippen molar-refractivity contribution in [2.24, 2.45) is 0 Å². The Labute approximate surface area is 107 Å². The first-order valence-corrected chi connectivity index (χ1v) is 6.75. The van der Waals surface area contributed by atoms with Crippen molar-refractivity contribution in [3.8, 4) is 0 Å². The van der Waals surface area contributed by atoms with Gasteiger partial charge in [0.1, 0.15) is 10.6 Å². The van der Waals surface area contributed by atoms with Crippen molar-refractivity contribution in [1.82, 2.24) is 4.98 Å². The molecule has 0 saturated carbocycles. The van der Waals surface area contributed by atoms with Crippen LogP contribution in [0.5, 0.6) is 0 Å². The van der Waals surface area contributed by atoms with Crippen LogP contribution in [0.3, 0.4) is 0 Å². The van der Waals surface area contributed by atoms with Crippen LogP contribution in [-0.4, -0.2) is 21.5 Å². The third-order valence-corrected chi connectivity index (χ3v) is 3.77. The Morgan fingerprint density at radius 2 is 2.00 bits per heavy atom. The van der Waals surface area contributed by atoms with Crippen LogP contribution in [0.2, 0.25) is 0 Å². The minimum Gasteiger partial charge on any atom is -0.382 e. The highest BCUT2D eigenvalue weighted by Gasteiger charge is 2.28. The second-order valence-electron chi connectivity index (χ2n) is 5.60. The predicted molar refractivity (Wildman–Crippen MR) is 70.4 cm³/mol. The fraction of sp³-hybridized carbons (Fsp3) is 0.692. The SMILES string of the molecule is CCC(C)(O)C(=O)Cc1nc(C(C)(C)C)cs1. The summed E-state index contributed by atoms with van der Waals surface area (Å²) in [5.41, 5.74) is -0.222. The van der Waals surface area contributed by atoms with Crippen molar-refractivity contribution < 1.29 is 9.90 Å². The van der Waals surface area contributed by atoms with Crippen LogP contribution in [-0.2, 0) is 16.6 Å². The lowest BCUT2D eigenvalue weighted by Crippen LogP contribution is -2.35. The summed E-state index contributed by atoms with van der Waals surface area (Å²) >= 11 is 1.49. The largest absolute Gasteiger partial charge is 0.382 e. The average Bonchev–Trinajstić information content (AvgIpc) is 2.65. The van der Waals surface area contributed by atoms with E-state index >= 15 is 0 Å².